The number of rotatable bonds is 4. The third-order valence-electron chi connectivity index (χ3n) is 4.16. The van der Waals surface area contributed by atoms with Crippen LogP contribution in [-0.2, 0) is 0 Å². The quantitative estimate of drug-likeness (QED) is 0.724. The zero-order valence-corrected chi connectivity index (χ0v) is 13.3. The van der Waals surface area contributed by atoms with E-state index in [1.807, 2.05) is 24.3 Å². The van der Waals surface area contributed by atoms with E-state index in [1.165, 1.54) is 38.8 Å². The van der Waals surface area contributed by atoms with Gasteiger partial charge in [-0.15, -0.1) is 0 Å². The number of unbranched alkanes of at least 4 members (excludes halogenated alkanes) is 1. The second kappa shape index (κ2) is 7.16. The molecule has 1 nitrogen and oxygen atoms in total. The minimum absolute atomic E-state index is 0.00825. The van der Waals surface area contributed by atoms with Crippen molar-refractivity contribution in [2.45, 2.75) is 51.5 Å². The maximum absolute atomic E-state index is 6.20. The van der Waals surface area contributed by atoms with Crippen molar-refractivity contribution in [3.05, 3.63) is 34.9 Å². The molecule has 0 amide bonds. The van der Waals surface area contributed by atoms with Crippen LogP contribution in [0, 0.1) is 11.8 Å². The molecular weight excluding hydrogens is 266 g/mol. The van der Waals surface area contributed by atoms with E-state index in [0.29, 0.717) is 0 Å². The Labute approximate surface area is 128 Å². The molecule has 1 saturated heterocycles. The number of hydrogen-bond donors (Lipinski definition) is 0. The predicted octanol–water partition coefficient (Wildman–Crippen LogP) is 4.74. The van der Waals surface area contributed by atoms with E-state index >= 15 is 0 Å². The summed E-state index contributed by atoms with van der Waals surface area (Å²) in [5.74, 6) is 6.84. The zero-order valence-electron chi connectivity index (χ0n) is 12.6. The molecular formula is C18H24ClN. The van der Waals surface area contributed by atoms with E-state index in [2.05, 4.69) is 30.6 Å². The lowest BCUT2D eigenvalue weighted by atomic mass is 9.93. The molecule has 0 N–H and O–H groups in total. The second-order valence-corrected chi connectivity index (χ2v) is 6.21. The number of nitrogens with zero attached hydrogens (tertiary/aromatic N) is 1. The maximum atomic E-state index is 6.20. The van der Waals surface area contributed by atoms with Crippen molar-refractivity contribution in [3.63, 3.8) is 0 Å². The summed E-state index contributed by atoms with van der Waals surface area (Å²) < 4.78 is 0. The van der Waals surface area contributed by atoms with Crippen molar-refractivity contribution in [2.75, 3.05) is 13.1 Å². The predicted molar refractivity (Wildman–Crippen MR) is 87.1 cm³/mol. The average molecular weight is 290 g/mol. The first-order chi connectivity index (χ1) is 9.65. The Kier molecular flexibility index (Phi) is 5.52. The normalized spacial score (nSPS) is 18.4. The fourth-order valence-corrected chi connectivity index (χ4v) is 2.98. The first-order valence-electron chi connectivity index (χ1n) is 7.68. The van der Waals surface area contributed by atoms with Crippen molar-refractivity contribution in [3.8, 4) is 11.8 Å². The SMILES string of the molecule is CCCCC(C)(C#Cc1ccccc1Cl)N1CCCC1. The van der Waals surface area contributed by atoms with Crippen LogP contribution in [0.15, 0.2) is 24.3 Å². The van der Waals surface area contributed by atoms with Gasteiger partial charge in [0.1, 0.15) is 0 Å². The van der Waals surface area contributed by atoms with Crippen LogP contribution in [0.2, 0.25) is 5.02 Å². The van der Waals surface area contributed by atoms with Crippen LogP contribution in [0.1, 0.15) is 51.5 Å². The first kappa shape index (κ1) is 15.4. The van der Waals surface area contributed by atoms with Gasteiger partial charge in [0.05, 0.1) is 10.6 Å². The molecule has 2 heteroatoms. The monoisotopic (exact) mass is 289 g/mol. The molecule has 20 heavy (non-hydrogen) atoms. The highest BCUT2D eigenvalue weighted by Crippen LogP contribution is 2.26. The third-order valence-corrected chi connectivity index (χ3v) is 4.49. The zero-order chi connectivity index (χ0) is 14.4. The molecule has 1 aliphatic rings. The molecule has 1 aromatic carbocycles. The Morgan fingerprint density at radius 3 is 2.60 bits per heavy atom. The number of benzene rings is 1. The van der Waals surface area contributed by atoms with Gasteiger partial charge in [-0.05, 0) is 51.4 Å². The van der Waals surface area contributed by atoms with Crippen LogP contribution in [-0.4, -0.2) is 23.5 Å². The lowest BCUT2D eigenvalue weighted by Crippen LogP contribution is -2.43. The summed E-state index contributed by atoms with van der Waals surface area (Å²) in [5.41, 5.74) is 0.933. The highest BCUT2D eigenvalue weighted by atomic mass is 35.5. The molecule has 0 saturated carbocycles. The van der Waals surface area contributed by atoms with Crippen LogP contribution in [0.3, 0.4) is 0 Å². The molecule has 0 spiro atoms. The van der Waals surface area contributed by atoms with E-state index in [9.17, 15) is 0 Å². The van der Waals surface area contributed by atoms with Gasteiger partial charge >= 0.3 is 0 Å². The molecule has 1 heterocycles. The van der Waals surface area contributed by atoms with Gasteiger partial charge in [0.15, 0.2) is 0 Å². The summed E-state index contributed by atoms with van der Waals surface area (Å²) in [7, 11) is 0. The van der Waals surface area contributed by atoms with E-state index in [0.717, 1.165) is 17.0 Å². The van der Waals surface area contributed by atoms with Gasteiger partial charge in [0, 0.05) is 5.56 Å². The van der Waals surface area contributed by atoms with Crippen molar-refractivity contribution >= 4 is 11.6 Å². The van der Waals surface area contributed by atoms with Crippen LogP contribution < -0.4 is 0 Å². The largest absolute Gasteiger partial charge is 0.288 e. The molecule has 1 atom stereocenters. The van der Waals surface area contributed by atoms with Crippen LogP contribution in [0.4, 0.5) is 0 Å². The summed E-state index contributed by atoms with van der Waals surface area (Å²) in [4.78, 5) is 2.55. The molecule has 1 fully saturated rings. The second-order valence-electron chi connectivity index (χ2n) is 5.80. The van der Waals surface area contributed by atoms with Gasteiger partial charge < -0.3 is 0 Å². The van der Waals surface area contributed by atoms with Crippen molar-refractivity contribution in [2.24, 2.45) is 0 Å². The van der Waals surface area contributed by atoms with Gasteiger partial charge in [-0.25, -0.2) is 0 Å². The van der Waals surface area contributed by atoms with Crippen molar-refractivity contribution < 1.29 is 0 Å². The Hall–Kier alpha value is -0.970. The molecule has 108 valence electrons. The summed E-state index contributed by atoms with van der Waals surface area (Å²) in [6.45, 7) is 6.89. The van der Waals surface area contributed by atoms with Gasteiger partial charge in [0.25, 0.3) is 0 Å². The number of halogens is 1. The van der Waals surface area contributed by atoms with Gasteiger partial charge in [-0.1, -0.05) is 55.3 Å². The minimum Gasteiger partial charge on any atom is -0.288 e. The lowest BCUT2D eigenvalue weighted by molar-refractivity contribution is 0.180. The fraction of sp³-hybridized carbons (Fsp3) is 0.556. The van der Waals surface area contributed by atoms with Crippen LogP contribution in [0.5, 0.6) is 0 Å². The Morgan fingerprint density at radius 1 is 1.25 bits per heavy atom. The lowest BCUT2D eigenvalue weighted by Gasteiger charge is -2.34. The van der Waals surface area contributed by atoms with Gasteiger partial charge in [0.2, 0.25) is 0 Å². The molecule has 2 rings (SSSR count). The number of hydrogen-bond acceptors (Lipinski definition) is 1. The Morgan fingerprint density at radius 2 is 1.95 bits per heavy atom. The summed E-state index contributed by atoms with van der Waals surface area (Å²) in [6, 6.07) is 7.85. The average Bonchev–Trinajstić information content (AvgIpc) is 2.99. The third kappa shape index (κ3) is 3.78. The highest BCUT2D eigenvalue weighted by molar-refractivity contribution is 6.31. The molecule has 1 unspecified atom stereocenters. The van der Waals surface area contributed by atoms with E-state index in [-0.39, 0.29) is 5.54 Å². The van der Waals surface area contributed by atoms with E-state index < -0.39 is 0 Å². The molecule has 1 aromatic rings. The Balaban J connectivity index is 2.21. The Bertz CT molecular complexity index is 494. The smallest absolute Gasteiger partial charge is 0.0801 e. The van der Waals surface area contributed by atoms with Crippen LogP contribution in [0.25, 0.3) is 0 Å². The maximum Gasteiger partial charge on any atom is 0.0801 e. The standard InChI is InChI=1S/C18H24ClN/c1-3-4-12-18(2,20-14-7-8-15-20)13-11-16-9-5-6-10-17(16)19/h5-6,9-10H,3-4,7-8,12,14-15H2,1-2H3. The fourth-order valence-electron chi connectivity index (χ4n) is 2.80. The van der Waals surface area contributed by atoms with Gasteiger partial charge in [-0.2, -0.15) is 0 Å². The highest BCUT2D eigenvalue weighted by Gasteiger charge is 2.31. The summed E-state index contributed by atoms with van der Waals surface area (Å²) in [5, 5.41) is 0.749. The summed E-state index contributed by atoms with van der Waals surface area (Å²) in [6.07, 6.45) is 6.19. The van der Waals surface area contributed by atoms with Crippen molar-refractivity contribution in [1.29, 1.82) is 0 Å². The molecule has 0 radical (unpaired) electrons. The molecule has 1 aliphatic heterocycles. The minimum atomic E-state index is -0.00825. The number of likely N-dealkylation sites (tertiary alicyclic amines) is 1. The molecule has 0 aromatic heterocycles. The van der Waals surface area contributed by atoms with Crippen LogP contribution >= 0.6 is 11.6 Å². The van der Waals surface area contributed by atoms with E-state index in [4.69, 9.17) is 11.6 Å². The van der Waals surface area contributed by atoms with E-state index in [1.54, 1.807) is 0 Å². The van der Waals surface area contributed by atoms with Crippen molar-refractivity contribution in [1.82, 2.24) is 4.90 Å². The molecule has 0 aliphatic carbocycles. The van der Waals surface area contributed by atoms with Gasteiger partial charge in [-0.3, -0.25) is 4.90 Å². The topological polar surface area (TPSA) is 3.24 Å². The molecule has 0 bridgehead atoms. The summed E-state index contributed by atoms with van der Waals surface area (Å²) >= 11 is 6.20. The first-order valence-corrected chi connectivity index (χ1v) is 8.06.